The Kier molecular flexibility index (Phi) is 7.56. The van der Waals surface area contributed by atoms with Crippen molar-refractivity contribution in [1.82, 2.24) is 4.90 Å². The van der Waals surface area contributed by atoms with Crippen molar-refractivity contribution in [3.63, 3.8) is 0 Å². The standard InChI is InChI=1S/C26H38N2/c1-5-22(6-2)24-15-12-16-25(23(7-3)8-4)26(24)28-18-17-27(20-28)19-21-13-10-9-11-14-21/h9-16,22-23H,5-8,17-20H2,1-4H3. The van der Waals surface area contributed by atoms with E-state index in [0.717, 1.165) is 26.3 Å². The zero-order valence-corrected chi connectivity index (χ0v) is 18.3. The molecule has 0 atom stereocenters. The van der Waals surface area contributed by atoms with Crippen LogP contribution in [-0.2, 0) is 6.54 Å². The fraction of sp³-hybridized carbons (Fsp3) is 0.538. The van der Waals surface area contributed by atoms with E-state index in [9.17, 15) is 0 Å². The summed E-state index contributed by atoms with van der Waals surface area (Å²) in [5.74, 6) is 1.32. The van der Waals surface area contributed by atoms with Crippen LogP contribution in [0.3, 0.4) is 0 Å². The maximum absolute atomic E-state index is 2.67. The highest BCUT2D eigenvalue weighted by molar-refractivity contribution is 5.63. The maximum atomic E-state index is 2.67. The number of para-hydroxylation sites is 1. The van der Waals surface area contributed by atoms with E-state index in [1.807, 2.05) is 0 Å². The van der Waals surface area contributed by atoms with Crippen LogP contribution in [0, 0.1) is 0 Å². The van der Waals surface area contributed by atoms with Gasteiger partial charge in [-0.2, -0.15) is 0 Å². The molecule has 2 aromatic carbocycles. The molecule has 28 heavy (non-hydrogen) atoms. The van der Waals surface area contributed by atoms with E-state index in [1.165, 1.54) is 31.2 Å². The zero-order chi connectivity index (χ0) is 19.9. The molecule has 2 aromatic rings. The average Bonchev–Trinajstić information content (AvgIpc) is 3.19. The minimum Gasteiger partial charge on any atom is -0.357 e. The summed E-state index contributed by atoms with van der Waals surface area (Å²) in [6, 6.07) is 18.0. The predicted molar refractivity (Wildman–Crippen MR) is 122 cm³/mol. The molecule has 1 aliphatic rings. The third kappa shape index (κ3) is 4.60. The molecule has 2 heteroatoms. The summed E-state index contributed by atoms with van der Waals surface area (Å²) in [7, 11) is 0. The molecule has 0 saturated carbocycles. The molecule has 0 aromatic heterocycles. The minimum atomic E-state index is 0.660. The molecule has 2 nitrogen and oxygen atoms in total. The quantitative estimate of drug-likeness (QED) is 0.475. The van der Waals surface area contributed by atoms with Crippen molar-refractivity contribution in [2.45, 2.75) is 71.8 Å². The van der Waals surface area contributed by atoms with Gasteiger partial charge in [-0.25, -0.2) is 0 Å². The maximum Gasteiger partial charge on any atom is 0.0711 e. The van der Waals surface area contributed by atoms with Gasteiger partial charge in [-0.3, -0.25) is 4.90 Å². The van der Waals surface area contributed by atoms with Crippen molar-refractivity contribution < 1.29 is 0 Å². The molecule has 0 amide bonds. The summed E-state index contributed by atoms with van der Waals surface area (Å²) < 4.78 is 0. The smallest absolute Gasteiger partial charge is 0.0711 e. The zero-order valence-electron chi connectivity index (χ0n) is 18.3. The SMILES string of the molecule is CCC(CC)c1cccc(C(CC)CC)c1N1CCN(Cc2ccccc2)C1. The minimum absolute atomic E-state index is 0.660. The molecule has 3 rings (SSSR count). The van der Waals surface area contributed by atoms with Crippen LogP contribution in [0.15, 0.2) is 48.5 Å². The first kappa shape index (κ1) is 20.9. The largest absolute Gasteiger partial charge is 0.357 e. The van der Waals surface area contributed by atoms with E-state index in [1.54, 1.807) is 16.8 Å². The van der Waals surface area contributed by atoms with Gasteiger partial charge in [-0.15, -0.1) is 0 Å². The van der Waals surface area contributed by atoms with Gasteiger partial charge in [-0.1, -0.05) is 76.2 Å². The Morgan fingerprint density at radius 1 is 0.714 bits per heavy atom. The lowest BCUT2D eigenvalue weighted by Gasteiger charge is -2.31. The van der Waals surface area contributed by atoms with Crippen LogP contribution in [0.5, 0.6) is 0 Å². The van der Waals surface area contributed by atoms with Crippen molar-refractivity contribution in [2.75, 3.05) is 24.7 Å². The summed E-state index contributed by atoms with van der Waals surface area (Å²) >= 11 is 0. The molecule has 0 N–H and O–H groups in total. The van der Waals surface area contributed by atoms with Crippen LogP contribution in [0.1, 0.15) is 81.9 Å². The predicted octanol–water partition coefficient (Wildman–Crippen LogP) is 6.77. The molecular formula is C26H38N2. The number of benzene rings is 2. The molecule has 1 aliphatic heterocycles. The van der Waals surface area contributed by atoms with Crippen molar-refractivity contribution in [3.8, 4) is 0 Å². The fourth-order valence-electron chi connectivity index (χ4n) is 4.86. The van der Waals surface area contributed by atoms with E-state index in [-0.39, 0.29) is 0 Å². The van der Waals surface area contributed by atoms with E-state index in [0.29, 0.717) is 11.8 Å². The van der Waals surface area contributed by atoms with E-state index >= 15 is 0 Å². The molecule has 152 valence electrons. The third-order valence-corrected chi connectivity index (χ3v) is 6.57. The Hall–Kier alpha value is -1.80. The van der Waals surface area contributed by atoms with Gasteiger partial charge in [0.1, 0.15) is 0 Å². The van der Waals surface area contributed by atoms with Gasteiger partial charge in [0.15, 0.2) is 0 Å². The lowest BCUT2D eigenvalue weighted by Crippen LogP contribution is -2.27. The van der Waals surface area contributed by atoms with Gasteiger partial charge in [0.05, 0.1) is 6.67 Å². The monoisotopic (exact) mass is 378 g/mol. The van der Waals surface area contributed by atoms with Gasteiger partial charge >= 0.3 is 0 Å². The lowest BCUT2D eigenvalue weighted by molar-refractivity contribution is 0.334. The van der Waals surface area contributed by atoms with E-state index < -0.39 is 0 Å². The highest BCUT2D eigenvalue weighted by Gasteiger charge is 2.27. The normalized spacial score (nSPS) is 15.1. The van der Waals surface area contributed by atoms with Gasteiger partial charge in [0.2, 0.25) is 0 Å². The molecule has 0 unspecified atom stereocenters. The Morgan fingerprint density at radius 3 is 1.82 bits per heavy atom. The summed E-state index contributed by atoms with van der Waals surface area (Å²) in [5, 5.41) is 0. The summed E-state index contributed by atoms with van der Waals surface area (Å²) in [6.07, 6.45) is 4.88. The Morgan fingerprint density at radius 2 is 1.29 bits per heavy atom. The second-order valence-corrected chi connectivity index (χ2v) is 8.25. The number of anilines is 1. The third-order valence-electron chi connectivity index (χ3n) is 6.57. The topological polar surface area (TPSA) is 6.48 Å². The summed E-state index contributed by atoms with van der Waals surface area (Å²) in [4.78, 5) is 5.26. The molecule has 1 saturated heterocycles. The Labute approximate surface area is 172 Å². The molecule has 0 bridgehead atoms. The number of nitrogens with zero attached hydrogens (tertiary/aromatic N) is 2. The number of hydrogen-bond acceptors (Lipinski definition) is 2. The Balaban J connectivity index is 1.90. The number of hydrogen-bond donors (Lipinski definition) is 0. The second kappa shape index (κ2) is 10.1. The molecule has 1 heterocycles. The molecule has 0 radical (unpaired) electrons. The lowest BCUT2D eigenvalue weighted by atomic mass is 9.85. The van der Waals surface area contributed by atoms with Gasteiger partial charge in [0, 0.05) is 25.3 Å². The van der Waals surface area contributed by atoms with Gasteiger partial charge in [0.25, 0.3) is 0 Å². The van der Waals surface area contributed by atoms with Crippen molar-refractivity contribution >= 4 is 5.69 Å². The average molecular weight is 379 g/mol. The molecule has 0 spiro atoms. The summed E-state index contributed by atoms with van der Waals surface area (Å²) in [5.41, 5.74) is 6.13. The fourth-order valence-corrected chi connectivity index (χ4v) is 4.86. The van der Waals surface area contributed by atoms with Crippen LogP contribution in [0.4, 0.5) is 5.69 Å². The van der Waals surface area contributed by atoms with Crippen LogP contribution in [0.25, 0.3) is 0 Å². The van der Waals surface area contributed by atoms with Crippen LogP contribution in [-0.4, -0.2) is 24.7 Å². The first-order chi connectivity index (χ1) is 13.7. The first-order valence-electron chi connectivity index (χ1n) is 11.4. The summed E-state index contributed by atoms with van der Waals surface area (Å²) in [6.45, 7) is 13.7. The van der Waals surface area contributed by atoms with E-state index in [2.05, 4.69) is 86.0 Å². The van der Waals surface area contributed by atoms with Crippen LogP contribution in [0.2, 0.25) is 0 Å². The highest BCUT2D eigenvalue weighted by Crippen LogP contribution is 2.40. The van der Waals surface area contributed by atoms with Crippen molar-refractivity contribution in [2.24, 2.45) is 0 Å². The van der Waals surface area contributed by atoms with Crippen molar-refractivity contribution in [3.05, 3.63) is 65.2 Å². The van der Waals surface area contributed by atoms with Gasteiger partial charge in [-0.05, 0) is 54.2 Å². The van der Waals surface area contributed by atoms with Crippen LogP contribution < -0.4 is 4.90 Å². The van der Waals surface area contributed by atoms with Crippen LogP contribution >= 0.6 is 0 Å². The highest BCUT2D eigenvalue weighted by atomic mass is 15.4. The molecular weight excluding hydrogens is 340 g/mol. The first-order valence-corrected chi connectivity index (χ1v) is 11.4. The van der Waals surface area contributed by atoms with Gasteiger partial charge < -0.3 is 4.90 Å². The second-order valence-electron chi connectivity index (χ2n) is 8.25. The Bertz CT molecular complexity index is 686. The van der Waals surface area contributed by atoms with E-state index in [4.69, 9.17) is 0 Å². The molecule has 1 fully saturated rings. The number of rotatable bonds is 9. The molecule has 0 aliphatic carbocycles. The van der Waals surface area contributed by atoms with Crippen molar-refractivity contribution in [1.29, 1.82) is 0 Å².